The van der Waals surface area contributed by atoms with Crippen molar-refractivity contribution < 1.29 is 0 Å². The predicted octanol–water partition coefficient (Wildman–Crippen LogP) is 3.07. The molecule has 0 aliphatic carbocycles. The molecule has 0 radical (unpaired) electrons. The van der Waals surface area contributed by atoms with Crippen molar-refractivity contribution in [3.05, 3.63) is 10.0 Å². The average molecular weight is 227 g/mol. The number of rotatable bonds is 7. The SMILES string of the molecule is CCCCCCc1nnc(C(N)CC)s1. The summed E-state index contributed by atoms with van der Waals surface area (Å²) in [4.78, 5) is 0. The van der Waals surface area contributed by atoms with Gasteiger partial charge in [-0.05, 0) is 12.8 Å². The highest BCUT2D eigenvalue weighted by molar-refractivity contribution is 7.11. The highest BCUT2D eigenvalue weighted by Crippen LogP contribution is 2.19. The monoisotopic (exact) mass is 227 g/mol. The maximum atomic E-state index is 5.89. The van der Waals surface area contributed by atoms with E-state index < -0.39 is 0 Å². The Morgan fingerprint density at radius 2 is 2.00 bits per heavy atom. The lowest BCUT2D eigenvalue weighted by Gasteiger charge is -2.00. The highest BCUT2D eigenvalue weighted by atomic mass is 32.1. The van der Waals surface area contributed by atoms with Gasteiger partial charge >= 0.3 is 0 Å². The minimum Gasteiger partial charge on any atom is -0.322 e. The molecular formula is C11H21N3S. The molecule has 0 fully saturated rings. The summed E-state index contributed by atoms with van der Waals surface area (Å²) in [5, 5.41) is 10.4. The van der Waals surface area contributed by atoms with E-state index in [9.17, 15) is 0 Å². The zero-order valence-corrected chi connectivity index (χ0v) is 10.5. The number of aromatic nitrogens is 2. The van der Waals surface area contributed by atoms with Crippen molar-refractivity contribution in [2.75, 3.05) is 0 Å². The highest BCUT2D eigenvalue weighted by Gasteiger charge is 2.09. The number of nitrogens with two attached hydrogens (primary N) is 1. The van der Waals surface area contributed by atoms with Crippen LogP contribution in [0.1, 0.15) is 62.0 Å². The molecule has 1 unspecified atom stereocenters. The zero-order chi connectivity index (χ0) is 11.1. The van der Waals surface area contributed by atoms with Gasteiger partial charge in [0.1, 0.15) is 10.0 Å². The number of aryl methyl sites for hydroxylation is 1. The maximum Gasteiger partial charge on any atom is 0.134 e. The van der Waals surface area contributed by atoms with Gasteiger partial charge in [-0.2, -0.15) is 0 Å². The number of unbranched alkanes of at least 4 members (excludes halogenated alkanes) is 3. The van der Waals surface area contributed by atoms with Crippen LogP contribution < -0.4 is 5.73 Å². The molecule has 0 saturated carbocycles. The third kappa shape index (κ3) is 4.26. The summed E-state index contributed by atoms with van der Waals surface area (Å²) in [6.07, 6.45) is 7.12. The standard InChI is InChI=1S/C11H21N3S/c1-3-5-6-7-8-10-13-14-11(15-10)9(12)4-2/h9H,3-8,12H2,1-2H3. The van der Waals surface area contributed by atoms with Crippen LogP contribution in [0.2, 0.25) is 0 Å². The molecule has 4 heteroatoms. The molecule has 1 aromatic heterocycles. The quantitative estimate of drug-likeness (QED) is 0.728. The molecular weight excluding hydrogens is 206 g/mol. The van der Waals surface area contributed by atoms with Crippen molar-refractivity contribution >= 4 is 11.3 Å². The molecule has 0 aliphatic rings. The Balaban J connectivity index is 2.33. The second-order valence-corrected chi connectivity index (χ2v) is 4.95. The number of hydrogen-bond acceptors (Lipinski definition) is 4. The molecule has 1 heterocycles. The van der Waals surface area contributed by atoms with E-state index in [1.807, 2.05) is 0 Å². The van der Waals surface area contributed by atoms with E-state index in [-0.39, 0.29) is 6.04 Å². The van der Waals surface area contributed by atoms with Gasteiger partial charge in [-0.1, -0.05) is 44.4 Å². The third-order valence-corrected chi connectivity index (χ3v) is 3.60. The molecule has 15 heavy (non-hydrogen) atoms. The summed E-state index contributed by atoms with van der Waals surface area (Å²) in [5.41, 5.74) is 5.89. The second kappa shape index (κ2) is 6.90. The van der Waals surface area contributed by atoms with Gasteiger partial charge in [0.15, 0.2) is 0 Å². The number of hydrogen-bond donors (Lipinski definition) is 1. The van der Waals surface area contributed by atoms with E-state index in [1.54, 1.807) is 11.3 Å². The van der Waals surface area contributed by atoms with Gasteiger partial charge in [0, 0.05) is 6.42 Å². The van der Waals surface area contributed by atoms with Gasteiger partial charge in [0.05, 0.1) is 6.04 Å². The average Bonchev–Trinajstić information content (AvgIpc) is 2.72. The molecule has 1 atom stereocenters. The van der Waals surface area contributed by atoms with Crippen LogP contribution >= 0.6 is 11.3 Å². The molecule has 86 valence electrons. The van der Waals surface area contributed by atoms with Crippen LogP contribution in [0.4, 0.5) is 0 Å². The summed E-state index contributed by atoms with van der Waals surface area (Å²) in [6.45, 7) is 4.30. The Hall–Kier alpha value is -0.480. The minimum atomic E-state index is 0.0758. The molecule has 1 aromatic rings. The Kier molecular flexibility index (Phi) is 5.79. The molecule has 0 aliphatic heterocycles. The fourth-order valence-corrected chi connectivity index (χ4v) is 2.36. The van der Waals surface area contributed by atoms with Crippen molar-refractivity contribution in [2.45, 2.75) is 58.4 Å². The summed E-state index contributed by atoms with van der Waals surface area (Å²) in [5.74, 6) is 0. The van der Waals surface area contributed by atoms with E-state index >= 15 is 0 Å². The molecule has 0 saturated heterocycles. The lowest BCUT2D eigenvalue weighted by atomic mass is 10.2. The van der Waals surface area contributed by atoms with Gasteiger partial charge in [0.2, 0.25) is 0 Å². The lowest BCUT2D eigenvalue weighted by molar-refractivity contribution is 0.659. The zero-order valence-electron chi connectivity index (χ0n) is 9.70. The van der Waals surface area contributed by atoms with Gasteiger partial charge in [-0.25, -0.2) is 0 Å². The molecule has 0 aromatic carbocycles. The fourth-order valence-electron chi connectivity index (χ4n) is 1.40. The minimum absolute atomic E-state index is 0.0758. The van der Waals surface area contributed by atoms with E-state index in [4.69, 9.17) is 5.73 Å². The largest absolute Gasteiger partial charge is 0.322 e. The first kappa shape index (κ1) is 12.6. The molecule has 0 spiro atoms. The van der Waals surface area contributed by atoms with E-state index in [2.05, 4.69) is 24.0 Å². The third-order valence-electron chi connectivity index (χ3n) is 2.48. The van der Waals surface area contributed by atoms with Crippen LogP contribution in [0.5, 0.6) is 0 Å². The van der Waals surface area contributed by atoms with E-state index in [1.165, 1.54) is 25.7 Å². The van der Waals surface area contributed by atoms with Crippen LogP contribution in [-0.2, 0) is 6.42 Å². The predicted molar refractivity (Wildman–Crippen MR) is 65.0 cm³/mol. The normalized spacial score (nSPS) is 13.0. The Labute approximate surface area is 96.1 Å². The molecule has 0 amide bonds. The Morgan fingerprint density at radius 3 is 2.67 bits per heavy atom. The first-order valence-electron chi connectivity index (χ1n) is 5.85. The molecule has 0 bridgehead atoms. The summed E-state index contributed by atoms with van der Waals surface area (Å²) >= 11 is 1.68. The first-order valence-corrected chi connectivity index (χ1v) is 6.67. The number of nitrogens with zero attached hydrogens (tertiary/aromatic N) is 2. The van der Waals surface area contributed by atoms with Crippen LogP contribution in [0.3, 0.4) is 0 Å². The van der Waals surface area contributed by atoms with Crippen LogP contribution in [0.15, 0.2) is 0 Å². The van der Waals surface area contributed by atoms with Gasteiger partial charge in [0.25, 0.3) is 0 Å². The molecule has 3 nitrogen and oxygen atoms in total. The topological polar surface area (TPSA) is 51.8 Å². The van der Waals surface area contributed by atoms with Crippen molar-refractivity contribution in [3.63, 3.8) is 0 Å². The molecule has 1 rings (SSSR count). The Bertz CT molecular complexity index is 273. The van der Waals surface area contributed by atoms with Gasteiger partial charge < -0.3 is 5.73 Å². The van der Waals surface area contributed by atoms with Crippen LogP contribution in [0.25, 0.3) is 0 Å². The summed E-state index contributed by atoms with van der Waals surface area (Å²) in [6, 6.07) is 0.0758. The van der Waals surface area contributed by atoms with Crippen molar-refractivity contribution in [1.29, 1.82) is 0 Å². The molecule has 2 N–H and O–H groups in total. The van der Waals surface area contributed by atoms with Gasteiger partial charge in [-0.15, -0.1) is 10.2 Å². The Morgan fingerprint density at radius 1 is 1.20 bits per heavy atom. The van der Waals surface area contributed by atoms with Crippen molar-refractivity contribution in [2.24, 2.45) is 5.73 Å². The van der Waals surface area contributed by atoms with Crippen LogP contribution in [-0.4, -0.2) is 10.2 Å². The lowest BCUT2D eigenvalue weighted by Crippen LogP contribution is -2.07. The van der Waals surface area contributed by atoms with Crippen LogP contribution in [0, 0.1) is 0 Å². The van der Waals surface area contributed by atoms with Crippen molar-refractivity contribution in [3.8, 4) is 0 Å². The van der Waals surface area contributed by atoms with Gasteiger partial charge in [-0.3, -0.25) is 0 Å². The second-order valence-electron chi connectivity index (χ2n) is 3.86. The fraction of sp³-hybridized carbons (Fsp3) is 0.818. The van der Waals surface area contributed by atoms with Crippen molar-refractivity contribution in [1.82, 2.24) is 10.2 Å². The van der Waals surface area contributed by atoms with E-state index in [0.717, 1.165) is 22.9 Å². The maximum absolute atomic E-state index is 5.89. The first-order chi connectivity index (χ1) is 7.27. The summed E-state index contributed by atoms with van der Waals surface area (Å²) in [7, 11) is 0. The summed E-state index contributed by atoms with van der Waals surface area (Å²) < 4.78 is 0. The van der Waals surface area contributed by atoms with E-state index in [0.29, 0.717) is 0 Å². The smallest absolute Gasteiger partial charge is 0.134 e.